The molecular formula is C12H16BrNO3. The monoisotopic (exact) mass is 301 g/mol. The lowest BCUT2D eigenvalue weighted by Crippen LogP contribution is -2.19. The molecule has 0 unspecified atom stereocenters. The van der Waals surface area contributed by atoms with E-state index in [9.17, 15) is 4.79 Å². The van der Waals surface area contributed by atoms with Gasteiger partial charge in [-0.2, -0.15) is 0 Å². The van der Waals surface area contributed by atoms with Gasteiger partial charge < -0.3 is 14.8 Å². The zero-order valence-corrected chi connectivity index (χ0v) is 11.8. The molecule has 0 heterocycles. The third kappa shape index (κ3) is 3.93. The summed E-state index contributed by atoms with van der Waals surface area (Å²) in [4.78, 5) is 10.5. The van der Waals surface area contributed by atoms with Crippen LogP contribution in [0.2, 0.25) is 0 Å². The number of nitrogens with one attached hydrogen (secondary N) is 1. The first-order valence-electron chi connectivity index (χ1n) is 5.23. The van der Waals surface area contributed by atoms with Gasteiger partial charge in [-0.15, -0.1) is 0 Å². The largest absolute Gasteiger partial charge is 0.493 e. The molecule has 17 heavy (non-hydrogen) atoms. The van der Waals surface area contributed by atoms with Crippen LogP contribution in [0.3, 0.4) is 0 Å². The Kier molecular flexibility index (Phi) is 5.28. The van der Waals surface area contributed by atoms with E-state index in [2.05, 4.69) is 21.2 Å². The van der Waals surface area contributed by atoms with Crippen LogP contribution in [0.4, 0.5) is 4.79 Å². The molecule has 0 fully saturated rings. The molecule has 0 aliphatic carbocycles. The van der Waals surface area contributed by atoms with Gasteiger partial charge in [0.05, 0.1) is 14.2 Å². The summed E-state index contributed by atoms with van der Waals surface area (Å²) in [5.74, 6) is 1.43. The van der Waals surface area contributed by atoms with Crippen LogP contribution in [0.1, 0.15) is 11.1 Å². The molecule has 5 heteroatoms. The Labute approximate surface area is 109 Å². The Bertz CT molecular complexity index is 407. The first-order chi connectivity index (χ1) is 8.08. The first-order valence-corrected chi connectivity index (χ1v) is 6.02. The number of hydrogen-bond acceptors (Lipinski definition) is 3. The van der Waals surface area contributed by atoms with Gasteiger partial charge in [-0.05, 0) is 36.6 Å². The van der Waals surface area contributed by atoms with Gasteiger partial charge >= 0.3 is 0 Å². The molecule has 0 spiro atoms. The van der Waals surface area contributed by atoms with E-state index in [0.717, 1.165) is 23.3 Å². The van der Waals surface area contributed by atoms with E-state index in [1.54, 1.807) is 14.2 Å². The molecular weight excluding hydrogens is 286 g/mol. The average Bonchev–Trinajstić information content (AvgIpc) is 2.30. The number of ether oxygens (including phenoxy) is 2. The van der Waals surface area contributed by atoms with Crippen molar-refractivity contribution in [3.8, 4) is 11.5 Å². The van der Waals surface area contributed by atoms with E-state index in [-0.39, 0.29) is 4.82 Å². The van der Waals surface area contributed by atoms with E-state index in [0.29, 0.717) is 12.3 Å². The molecule has 0 aliphatic heterocycles. The Morgan fingerprint density at radius 2 is 1.88 bits per heavy atom. The van der Waals surface area contributed by atoms with Gasteiger partial charge in [0.1, 0.15) is 0 Å². The quantitative estimate of drug-likeness (QED) is 0.672. The van der Waals surface area contributed by atoms with Crippen LogP contribution in [-0.4, -0.2) is 25.6 Å². The standard InChI is InChI=1S/C12H16BrNO3/c1-8-6-10(16-2)11(17-3)7-9(8)4-5-14-12(13)15/h6-7H,4-5H2,1-3H3,(H,14,15). The van der Waals surface area contributed by atoms with E-state index >= 15 is 0 Å². The SMILES string of the molecule is COc1cc(C)c(CCNC(=O)Br)cc1OC. The van der Waals surface area contributed by atoms with Crippen molar-refractivity contribution in [3.63, 3.8) is 0 Å². The van der Waals surface area contributed by atoms with Gasteiger partial charge in [-0.3, -0.25) is 4.79 Å². The molecule has 0 aliphatic rings. The molecule has 4 nitrogen and oxygen atoms in total. The minimum absolute atomic E-state index is 0.198. The van der Waals surface area contributed by atoms with Crippen molar-refractivity contribution in [2.24, 2.45) is 0 Å². The highest BCUT2D eigenvalue weighted by Crippen LogP contribution is 2.30. The molecule has 0 aromatic heterocycles. The number of methoxy groups -OCH3 is 2. The number of benzene rings is 1. The van der Waals surface area contributed by atoms with Gasteiger partial charge in [0.15, 0.2) is 11.5 Å². The lowest BCUT2D eigenvalue weighted by molar-refractivity contribution is 0.262. The van der Waals surface area contributed by atoms with E-state index in [1.165, 1.54) is 0 Å². The van der Waals surface area contributed by atoms with Crippen LogP contribution in [0.15, 0.2) is 12.1 Å². The number of carbonyl (C=O) groups excluding carboxylic acids is 1. The highest BCUT2D eigenvalue weighted by atomic mass is 79.9. The Hall–Kier alpha value is -1.23. The lowest BCUT2D eigenvalue weighted by atomic mass is 10.0. The van der Waals surface area contributed by atoms with Crippen molar-refractivity contribution < 1.29 is 14.3 Å². The van der Waals surface area contributed by atoms with Crippen LogP contribution in [0, 0.1) is 6.92 Å². The fourth-order valence-electron chi connectivity index (χ4n) is 1.59. The van der Waals surface area contributed by atoms with Gasteiger partial charge in [0, 0.05) is 22.5 Å². The van der Waals surface area contributed by atoms with Crippen molar-refractivity contribution >= 4 is 20.7 Å². The van der Waals surface area contributed by atoms with Gasteiger partial charge in [0.25, 0.3) is 4.82 Å². The Morgan fingerprint density at radius 3 is 2.41 bits per heavy atom. The van der Waals surface area contributed by atoms with Crippen molar-refractivity contribution in [2.75, 3.05) is 20.8 Å². The van der Waals surface area contributed by atoms with Crippen LogP contribution in [-0.2, 0) is 6.42 Å². The van der Waals surface area contributed by atoms with Crippen LogP contribution >= 0.6 is 15.9 Å². The van der Waals surface area contributed by atoms with Crippen LogP contribution < -0.4 is 14.8 Å². The van der Waals surface area contributed by atoms with Crippen molar-refractivity contribution in [1.29, 1.82) is 0 Å². The van der Waals surface area contributed by atoms with Crippen LogP contribution in [0.25, 0.3) is 0 Å². The Morgan fingerprint density at radius 1 is 1.29 bits per heavy atom. The molecule has 1 aromatic carbocycles. The number of hydrogen-bond donors (Lipinski definition) is 1. The number of amides is 1. The zero-order chi connectivity index (χ0) is 12.8. The maximum Gasteiger partial charge on any atom is 0.287 e. The second-order valence-electron chi connectivity index (χ2n) is 3.58. The summed E-state index contributed by atoms with van der Waals surface area (Å²) < 4.78 is 10.5. The minimum Gasteiger partial charge on any atom is -0.493 e. The topological polar surface area (TPSA) is 47.6 Å². The van der Waals surface area contributed by atoms with E-state index in [4.69, 9.17) is 9.47 Å². The van der Waals surface area contributed by atoms with Crippen molar-refractivity contribution in [3.05, 3.63) is 23.3 Å². The number of rotatable bonds is 5. The fourth-order valence-corrected chi connectivity index (χ4v) is 1.79. The molecule has 1 rings (SSSR count). The third-order valence-corrected chi connectivity index (χ3v) is 2.78. The van der Waals surface area contributed by atoms with Crippen molar-refractivity contribution in [2.45, 2.75) is 13.3 Å². The fraction of sp³-hybridized carbons (Fsp3) is 0.417. The summed E-state index contributed by atoms with van der Waals surface area (Å²) in [7, 11) is 3.22. The number of aryl methyl sites for hydroxylation is 1. The smallest absolute Gasteiger partial charge is 0.287 e. The molecule has 94 valence electrons. The summed E-state index contributed by atoms with van der Waals surface area (Å²) in [6.07, 6.45) is 0.753. The van der Waals surface area contributed by atoms with Crippen molar-refractivity contribution in [1.82, 2.24) is 5.32 Å². The summed E-state index contributed by atoms with van der Waals surface area (Å²) >= 11 is 2.82. The van der Waals surface area contributed by atoms with Gasteiger partial charge in [-0.1, -0.05) is 0 Å². The zero-order valence-electron chi connectivity index (χ0n) is 10.2. The second-order valence-corrected chi connectivity index (χ2v) is 4.30. The normalized spacial score (nSPS) is 9.88. The third-order valence-electron chi connectivity index (χ3n) is 2.50. The first kappa shape index (κ1) is 13.8. The highest BCUT2D eigenvalue weighted by Gasteiger charge is 2.08. The maximum absolute atomic E-state index is 10.7. The highest BCUT2D eigenvalue weighted by molar-refractivity contribution is 9.18. The van der Waals surface area contributed by atoms with Gasteiger partial charge in [0.2, 0.25) is 0 Å². The maximum atomic E-state index is 10.7. The molecule has 0 bridgehead atoms. The molecule has 1 N–H and O–H groups in total. The van der Waals surface area contributed by atoms with Crippen LogP contribution in [0.5, 0.6) is 11.5 Å². The van der Waals surface area contributed by atoms with E-state index in [1.807, 2.05) is 19.1 Å². The number of carbonyl (C=O) groups is 1. The predicted octanol–water partition coefficient (Wildman–Crippen LogP) is 2.66. The van der Waals surface area contributed by atoms with Gasteiger partial charge in [-0.25, -0.2) is 0 Å². The summed E-state index contributed by atoms with van der Waals surface area (Å²) in [5.41, 5.74) is 2.25. The second kappa shape index (κ2) is 6.49. The van der Waals surface area contributed by atoms with E-state index < -0.39 is 0 Å². The average molecular weight is 302 g/mol. The summed E-state index contributed by atoms with van der Waals surface area (Å²) in [6, 6.07) is 3.87. The lowest BCUT2D eigenvalue weighted by Gasteiger charge is -2.12. The molecule has 0 radical (unpaired) electrons. The molecule has 1 amide bonds. The molecule has 0 saturated carbocycles. The molecule has 1 aromatic rings. The predicted molar refractivity (Wildman–Crippen MR) is 70.3 cm³/mol. The summed E-state index contributed by atoms with van der Waals surface area (Å²) in [6.45, 7) is 2.59. The number of halogens is 1. The Balaban J connectivity index is 2.81. The molecule has 0 atom stereocenters. The summed E-state index contributed by atoms with van der Waals surface area (Å²) in [5, 5.41) is 2.69. The minimum atomic E-state index is -0.198. The molecule has 0 saturated heterocycles.